The standard InChI is InChI=1S/C28H28F3N5O3/c1-2-23(37)35-14-11-17(12-15-35)22-10-13-33-25-24(22)34-36(26(25)27(32)38)19-6-8-20(9-7-19)39-21-5-3-4-18(16-21)28(29,30)31/h2-9,16-17,22,33H,1,10-15H2,(H2,32,38). The van der Waals surface area contributed by atoms with Crippen LogP contribution in [0.1, 0.15) is 46.9 Å². The van der Waals surface area contributed by atoms with Crippen molar-refractivity contribution in [3.63, 3.8) is 0 Å². The van der Waals surface area contributed by atoms with Crippen molar-refractivity contribution >= 4 is 17.5 Å². The molecule has 1 saturated heterocycles. The van der Waals surface area contributed by atoms with Crippen LogP contribution in [0.3, 0.4) is 0 Å². The molecule has 3 aromatic rings. The van der Waals surface area contributed by atoms with E-state index in [9.17, 15) is 22.8 Å². The number of fused-ring (bicyclic) bond motifs is 1. The van der Waals surface area contributed by atoms with Crippen LogP contribution in [0.25, 0.3) is 5.69 Å². The minimum absolute atomic E-state index is 0.0535. The highest BCUT2D eigenvalue weighted by Crippen LogP contribution is 2.42. The SMILES string of the molecule is C=CC(=O)N1CCC(C2CCNc3c2nn(-c2ccc(Oc4cccc(C(F)(F)F)c4)cc2)c3C(N)=O)CC1. The second-order valence-corrected chi connectivity index (χ2v) is 9.70. The van der Waals surface area contributed by atoms with Gasteiger partial charge >= 0.3 is 6.18 Å². The molecule has 5 rings (SSSR count). The van der Waals surface area contributed by atoms with E-state index in [2.05, 4.69) is 11.9 Å². The van der Waals surface area contributed by atoms with Crippen LogP contribution in [0.15, 0.2) is 61.2 Å². The number of nitrogens with two attached hydrogens (primary N) is 1. The fourth-order valence-corrected chi connectivity index (χ4v) is 5.41. The number of hydrogen-bond acceptors (Lipinski definition) is 5. The van der Waals surface area contributed by atoms with Gasteiger partial charge in [-0.15, -0.1) is 0 Å². The van der Waals surface area contributed by atoms with E-state index in [1.54, 1.807) is 29.2 Å². The Hall–Kier alpha value is -4.28. The number of carbonyl (C=O) groups is 2. The number of rotatable bonds is 6. The van der Waals surface area contributed by atoms with Gasteiger partial charge in [0.05, 0.1) is 22.6 Å². The molecule has 2 aromatic carbocycles. The van der Waals surface area contributed by atoms with E-state index in [1.807, 2.05) is 0 Å². The molecule has 8 nitrogen and oxygen atoms in total. The number of likely N-dealkylation sites (tertiary alicyclic amines) is 1. The fraction of sp³-hybridized carbons (Fsp3) is 0.321. The van der Waals surface area contributed by atoms with Gasteiger partial charge in [0, 0.05) is 25.6 Å². The second kappa shape index (κ2) is 10.5. The third-order valence-electron chi connectivity index (χ3n) is 7.33. The molecule has 1 aromatic heterocycles. The molecule has 0 spiro atoms. The molecular weight excluding hydrogens is 511 g/mol. The topological polar surface area (TPSA) is 102 Å². The first-order valence-corrected chi connectivity index (χ1v) is 12.7. The van der Waals surface area contributed by atoms with Crippen LogP contribution in [0.2, 0.25) is 0 Å². The molecule has 1 fully saturated rings. The minimum atomic E-state index is -4.47. The number of amides is 2. The highest BCUT2D eigenvalue weighted by atomic mass is 19.4. The maximum absolute atomic E-state index is 13.0. The lowest BCUT2D eigenvalue weighted by molar-refractivity contribution is -0.137. The molecule has 204 valence electrons. The zero-order valence-electron chi connectivity index (χ0n) is 21.1. The van der Waals surface area contributed by atoms with Crippen molar-refractivity contribution in [1.82, 2.24) is 14.7 Å². The number of aromatic nitrogens is 2. The molecule has 2 aliphatic rings. The van der Waals surface area contributed by atoms with Gasteiger partial charge in [-0.3, -0.25) is 9.59 Å². The lowest BCUT2D eigenvalue weighted by Crippen LogP contribution is -2.39. The van der Waals surface area contributed by atoms with E-state index >= 15 is 0 Å². The average Bonchev–Trinajstić information content (AvgIpc) is 3.33. The van der Waals surface area contributed by atoms with Gasteiger partial charge in [0.2, 0.25) is 5.91 Å². The van der Waals surface area contributed by atoms with E-state index < -0.39 is 17.6 Å². The lowest BCUT2D eigenvalue weighted by Gasteiger charge is -2.37. The second-order valence-electron chi connectivity index (χ2n) is 9.70. The van der Waals surface area contributed by atoms with Crippen molar-refractivity contribution in [1.29, 1.82) is 0 Å². The third-order valence-corrected chi connectivity index (χ3v) is 7.33. The summed E-state index contributed by atoms with van der Waals surface area (Å²) in [6, 6.07) is 11.2. The molecule has 1 unspecified atom stereocenters. The number of primary amides is 1. The number of alkyl halides is 3. The minimum Gasteiger partial charge on any atom is -0.457 e. The number of anilines is 1. The van der Waals surface area contributed by atoms with Gasteiger partial charge in [0.15, 0.2) is 5.69 Å². The Kier molecular flexibility index (Phi) is 7.07. The number of nitrogens with zero attached hydrogens (tertiary/aromatic N) is 3. The van der Waals surface area contributed by atoms with Crippen LogP contribution in [0.5, 0.6) is 11.5 Å². The zero-order chi connectivity index (χ0) is 27.7. The fourth-order valence-electron chi connectivity index (χ4n) is 5.41. The summed E-state index contributed by atoms with van der Waals surface area (Å²) in [4.78, 5) is 26.3. The van der Waals surface area contributed by atoms with Crippen LogP contribution >= 0.6 is 0 Å². The van der Waals surface area contributed by atoms with Gasteiger partial charge in [-0.2, -0.15) is 18.3 Å². The first-order chi connectivity index (χ1) is 18.7. The number of ether oxygens (including phenoxy) is 1. The molecule has 0 aliphatic carbocycles. The van der Waals surface area contributed by atoms with Gasteiger partial charge < -0.3 is 20.7 Å². The van der Waals surface area contributed by atoms with Crippen molar-refractivity contribution in [2.75, 3.05) is 25.0 Å². The van der Waals surface area contributed by atoms with Crippen LogP contribution < -0.4 is 15.8 Å². The maximum atomic E-state index is 13.0. The Morgan fingerprint density at radius 3 is 2.44 bits per heavy atom. The summed E-state index contributed by atoms with van der Waals surface area (Å²) in [5.74, 6) is 0.0789. The van der Waals surface area contributed by atoms with Crippen molar-refractivity contribution in [2.24, 2.45) is 11.7 Å². The van der Waals surface area contributed by atoms with Crippen molar-refractivity contribution in [3.05, 3.63) is 78.1 Å². The predicted molar refractivity (Wildman–Crippen MR) is 139 cm³/mol. The smallest absolute Gasteiger partial charge is 0.416 e. The number of benzene rings is 2. The normalized spacial score (nSPS) is 17.7. The van der Waals surface area contributed by atoms with Gasteiger partial charge in [0.25, 0.3) is 5.91 Å². The Morgan fingerprint density at radius 2 is 1.79 bits per heavy atom. The van der Waals surface area contributed by atoms with E-state index in [1.165, 1.54) is 22.9 Å². The van der Waals surface area contributed by atoms with Gasteiger partial charge in [-0.1, -0.05) is 12.6 Å². The Morgan fingerprint density at radius 1 is 1.08 bits per heavy atom. The zero-order valence-corrected chi connectivity index (χ0v) is 21.1. The van der Waals surface area contributed by atoms with Crippen molar-refractivity contribution in [3.8, 4) is 17.2 Å². The summed E-state index contributed by atoms with van der Waals surface area (Å²) < 4.78 is 46.2. The van der Waals surface area contributed by atoms with Crippen molar-refractivity contribution in [2.45, 2.75) is 31.4 Å². The van der Waals surface area contributed by atoms with E-state index in [0.29, 0.717) is 42.7 Å². The number of hydrogen-bond donors (Lipinski definition) is 2. The Balaban J connectivity index is 1.39. The molecule has 3 N–H and O–H groups in total. The van der Waals surface area contributed by atoms with Crippen LogP contribution in [-0.2, 0) is 11.0 Å². The Labute approximate surface area is 223 Å². The highest BCUT2D eigenvalue weighted by Gasteiger charge is 2.37. The van der Waals surface area contributed by atoms with Gasteiger partial charge in [-0.05, 0) is 73.7 Å². The average molecular weight is 540 g/mol. The summed E-state index contributed by atoms with van der Waals surface area (Å²) >= 11 is 0. The molecule has 1 atom stereocenters. The van der Waals surface area contributed by atoms with Gasteiger partial charge in [0.1, 0.15) is 11.5 Å². The molecular formula is C28H28F3N5O3. The monoisotopic (exact) mass is 539 g/mol. The summed E-state index contributed by atoms with van der Waals surface area (Å²) in [6.45, 7) is 5.52. The number of carbonyl (C=O) groups excluding carboxylic acids is 2. The molecule has 0 saturated carbocycles. The first-order valence-electron chi connectivity index (χ1n) is 12.7. The van der Waals surface area contributed by atoms with Crippen molar-refractivity contribution < 1.29 is 27.5 Å². The quantitative estimate of drug-likeness (QED) is 0.424. The predicted octanol–water partition coefficient (Wildman–Crippen LogP) is 5.11. The molecule has 11 heteroatoms. The van der Waals surface area contributed by atoms with Crippen LogP contribution in [0.4, 0.5) is 18.9 Å². The van der Waals surface area contributed by atoms with Crippen LogP contribution in [-0.4, -0.2) is 46.1 Å². The van der Waals surface area contributed by atoms with Gasteiger partial charge in [-0.25, -0.2) is 4.68 Å². The number of nitrogens with one attached hydrogen (secondary N) is 1. The lowest BCUT2D eigenvalue weighted by atomic mass is 9.78. The van der Waals surface area contributed by atoms with E-state index in [0.717, 1.165) is 37.1 Å². The molecule has 2 aliphatic heterocycles. The molecule has 39 heavy (non-hydrogen) atoms. The summed E-state index contributed by atoms with van der Waals surface area (Å²) in [7, 11) is 0. The molecule has 0 radical (unpaired) electrons. The summed E-state index contributed by atoms with van der Waals surface area (Å²) in [5.41, 5.74) is 7.16. The molecule has 3 heterocycles. The maximum Gasteiger partial charge on any atom is 0.416 e. The highest BCUT2D eigenvalue weighted by molar-refractivity contribution is 5.98. The van der Waals surface area contributed by atoms with Crippen LogP contribution in [0, 0.1) is 5.92 Å². The molecule has 0 bridgehead atoms. The largest absolute Gasteiger partial charge is 0.457 e. The van der Waals surface area contributed by atoms with E-state index in [-0.39, 0.29) is 23.3 Å². The summed E-state index contributed by atoms with van der Waals surface area (Å²) in [6.07, 6.45) is -0.653. The summed E-state index contributed by atoms with van der Waals surface area (Å²) in [5, 5.41) is 8.10. The third kappa shape index (κ3) is 5.34. The number of halogens is 3. The Bertz CT molecular complexity index is 1390. The number of piperidine rings is 1. The first kappa shape index (κ1) is 26.3. The molecule has 2 amide bonds. The van der Waals surface area contributed by atoms with E-state index in [4.69, 9.17) is 15.6 Å².